The maximum Gasteiger partial charge on any atom is 0.152 e. The highest BCUT2D eigenvalue weighted by Crippen LogP contribution is 1.88. The van der Waals surface area contributed by atoms with Crippen LogP contribution in [0.2, 0.25) is 0 Å². The second-order valence-electron chi connectivity index (χ2n) is 2.37. The van der Waals surface area contributed by atoms with Crippen LogP contribution in [0.15, 0.2) is 18.5 Å². The van der Waals surface area contributed by atoms with E-state index in [2.05, 4.69) is 15.5 Å². The molecule has 0 aliphatic carbocycles. The lowest BCUT2D eigenvalue weighted by atomic mass is 10.3. The molecule has 1 aromatic rings. The highest BCUT2D eigenvalue weighted by molar-refractivity contribution is 5.87. The zero-order valence-electron chi connectivity index (χ0n) is 6.84. The van der Waals surface area contributed by atoms with E-state index < -0.39 is 0 Å². The largest absolute Gasteiger partial charge is 0.295 e. The molecule has 0 saturated heterocycles. The second kappa shape index (κ2) is 4.38. The lowest BCUT2D eigenvalue weighted by molar-refractivity contribution is -0.112. The molecule has 0 unspecified atom stereocenters. The number of aromatic nitrogens is 4. The molecule has 5 heteroatoms. The third kappa shape index (κ3) is 3.05. The van der Waals surface area contributed by atoms with Crippen LogP contribution in [0.5, 0.6) is 0 Å². The fourth-order valence-corrected chi connectivity index (χ4v) is 0.739. The Kier molecular flexibility index (Phi) is 3.13. The maximum atomic E-state index is 10.5. The van der Waals surface area contributed by atoms with Crippen LogP contribution in [0.1, 0.15) is 13.3 Å². The van der Waals surface area contributed by atoms with Crippen molar-refractivity contribution in [3.8, 4) is 0 Å². The lowest BCUT2D eigenvalue weighted by Crippen LogP contribution is -1.97. The molecule has 0 bridgehead atoms. The summed E-state index contributed by atoms with van der Waals surface area (Å²) in [6, 6.07) is 0. The van der Waals surface area contributed by atoms with Crippen molar-refractivity contribution in [2.45, 2.75) is 19.9 Å². The van der Waals surface area contributed by atoms with Crippen molar-refractivity contribution in [1.82, 2.24) is 20.2 Å². The van der Waals surface area contributed by atoms with Gasteiger partial charge in [0.05, 0.1) is 0 Å². The molecule has 0 aliphatic heterocycles. The molecule has 0 spiro atoms. The van der Waals surface area contributed by atoms with Crippen molar-refractivity contribution in [3.63, 3.8) is 0 Å². The Morgan fingerprint density at radius 1 is 1.67 bits per heavy atom. The molecule has 0 N–H and O–H groups in total. The summed E-state index contributed by atoms with van der Waals surface area (Å²) in [7, 11) is 0. The van der Waals surface area contributed by atoms with Gasteiger partial charge in [0.1, 0.15) is 6.33 Å². The van der Waals surface area contributed by atoms with Crippen LogP contribution in [0.4, 0.5) is 0 Å². The molecule has 1 aromatic heterocycles. The Bertz CT molecular complexity index is 265. The van der Waals surface area contributed by atoms with E-state index >= 15 is 0 Å². The average molecular weight is 166 g/mol. The monoisotopic (exact) mass is 166 g/mol. The molecule has 0 aromatic carbocycles. The standard InChI is InChI=1S/C7H10N4O/c1-7(12)4-2-3-5-11-6-8-9-10-11/h2,4,6H,3,5H2,1H3/b4-2+. The van der Waals surface area contributed by atoms with Crippen molar-refractivity contribution in [1.29, 1.82) is 0 Å². The predicted molar refractivity (Wildman–Crippen MR) is 42.3 cm³/mol. The van der Waals surface area contributed by atoms with E-state index in [-0.39, 0.29) is 5.78 Å². The van der Waals surface area contributed by atoms with Gasteiger partial charge in [-0.05, 0) is 29.8 Å². The zero-order valence-corrected chi connectivity index (χ0v) is 6.84. The van der Waals surface area contributed by atoms with E-state index in [1.165, 1.54) is 6.92 Å². The summed E-state index contributed by atoms with van der Waals surface area (Å²) in [5, 5.41) is 10.6. The van der Waals surface area contributed by atoms with Gasteiger partial charge in [-0.2, -0.15) is 0 Å². The van der Waals surface area contributed by atoms with Crippen molar-refractivity contribution >= 4 is 5.78 Å². The van der Waals surface area contributed by atoms with E-state index in [0.717, 1.165) is 6.42 Å². The van der Waals surface area contributed by atoms with E-state index in [9.17, 15) is 4.79 Å². The molecular formula is C7H10N4O. The predicted octanol–water partition coefficient (Wildman–Crippen LogP) is 0.208. The van der Waals surface area contributed by atoms with Gasteiger partial charge in [-0.3, -0.25) is 4.79 Å². The number of rotatable bonds is 4. The normalized spacial score (nSPS) is 10.8. The Morgan fingerprint density at radius 3 is 3.08 bits per heavy atom. The number of carbonyl (C=O) groups excluding carboxylic acids is 1. The third-order valence-corrected chi connectivity index (χ3v) is 1.27. The number of carbonyl (C=O) groups is 1. The van der Waals surface area contributed by atoms with Crippen molar-refractivity contribution < 1.29 is 4.79 Å². The first-order valence-corrected chi connectivity index (χ1v) is 3.67. The fourth-order valence-electron chi connectivity index (χ4n) is 0.739. The van der Waals surface area contributed by atoms with Gasteiger partial charge in [0.25, 0.3) is 0 Å². The quantitative estimate of drug-likeness (QED) is 0.600. The Hall–Kier alpha value is -1.52. The summed E-state index contributed by atoms with van der Waals surface area (Å²) in [5.41, 5.74) is 0. The van der Waals surface area contributed by atoms with E-state index in [1.807, 2.05) is 6.08 Å². The minimum absolute atomic E-state index is 0.0618. The molecule has 0 atom stereocenters. The molecular weight excluding hydrogens is 156 g/mol. The number of aryl methyl sites for hydroxylation is 1. The topological polar surface area (TPSA) is 60.7 Å². The van der Waals surface area contributed by atoms with Crippen LogP contribution in [0.3, 0.4) is 0 Å². The molecule has 1 heterocycles. The molecule has 12 heavy (non-hydrogen) atoms. The Labute approximate surface area is 70.1 Å². The molecule has 64 valence electrons. The van der Waals surface area contributed by atoms with Gasteiger partial charge in [0.2, 0.25) is 0 Å². The van der Waals surface area contributed by atoms with Crippen molar-refractivity contribution in [3.05, 3.63) is 18.5 Å². The number of allylic oxidation sites excluding steroid dienone is 2. The summed E-state index contributed by atoms with van der Waals surface area (Å²) in [6.07, 6.45) is 5.67. The summed E-state index contributed by atoms with van der Waals surface area (Å²) >= 11 is 0. The maximum absolute atomic E-state index is 10.5. The van der Waals surface area contributed by atoms with Crippen LogP contribution in [0.25, 0.3) is 0 Å². The van der Waals surface area contributed by atoms with Gasteiger partial charge in [0.15, 0.2) is 5.78 Å². The highest BCUT2D eigenvalue weighted by atomic mass is 16.1. The van der Waals surface area contributed by atoms with E-state index in [1.54, 1.807) is 17.1 Å². The van der Waals surface area contributed by atoms with Gasteiger partial charge in [-0.25, -0.2) is 4.68 Å². The summed E-state index contributed by atoms with van der Waals surface area (Å²) in [4.78, 5) is 10.5. The fraction of sp³-hybridized carbons (Fsp3) is 0.429. The first-order valence-electron chi connectivity index (χ1n) is 3.67. The molecule has 0 saturated carbocycles. The molecule has 5 nitrogen and oxygen atoms in total. The Balaban J connectivity index is 2.23. The summed E-state index contributed by atoms with van der Waals surface area (Å²) < 4.78 is 1.62. The van der Waals surface area contributed by atoms with Crippen LogP contribution in [0, 0.1) is 0 Å². The smallest absolute Gasteiger partial charge is 0.152 e. The average Bonchev–Trinajstić information content (AvgIpc) is 2.49. The lowest BCUT2D eigenvalue weighted by Gasteiger charge is -1.91. The van der Waals surface area contributed by atoms with Crippen molar-refractivity contribution in [2.75, 3.05) is 0 Å². The van der Waals surface area contributed by atoms with E-state index in [4.69, 9.17) is 0 Å². The number of nitrogens with zero attached hydrogens (tertiary/aromatic N) is 4. The zero-order chi connectivity index (χ0) is 8.81. The second-order valence-corrected chi connectivity index (χ2v) is 2.37. The minimum atomic E-state index is 0.0618. The van der Waals surface area contributed by atoms with Crippen molar-refractivity contribution in [2.24, 2.45) is 0 Å². The molecule has 0 aliphatic rings. The number of tetrazole rings is 1. The molecule has 0 fully saturated rings. The van der Waals surface area contributed by atoms with E-state index in [0.29, 0.717) is 6.54 Å². The number of hydrogen-bond acceptors (Lipinski definition) is 4. The van der Waals surface area contributed by atoms with Gasteiger partial charge in [-0.1, -0.05) is 6.08 Å². The molecule has 1 rings (SSSR count). The SMILES string of the molecule is CC(=O)/C=C/CCn1cnnn1. The highest BCUT2D eigenvalue weighted by Gasteiger charge is 1.88. The van der Waals surface area contributed by atoms with Gasteiger partial charge >= 0.3 is 0 Å². The first-order chi connectivity index (χ1) is 5.79. The first kappa shape index (κ1) is 8.58. The van der Waals surface area contributed by atoms with Crippen LogP contribution >= 0.6 is 0 Å². The summed E-state index contributed by atoms with van der Waals surface area (Å²) in [5.74, 6) is 0.0618. The van der Waals surface area contributed by atoms with Gasteiger partial charge < -0.3 is 0 Å². The Morgan fingerprint density at radius 2 is 2.50 bits per heavy atom. The molecule has 0 radical (unpaired) electrons. The third-order valence-electron chi connectivity index (χ3n) is 1.27. The van der Waals surface area contributed by atoms with Crippen LogP contribution in [-0.2, 0) is 11.3 Å². The summed E-state index contributed by atoms with van der Waals surface area (Å²) in [6.45, 7) is 2.23. The van der Waals surface area contributed by atoms with Gasteiger partial charge in [0, 0.05) is 6.54 Å². The van der Waals surface area contributed by atoms with Gasteiger partial charge in [-0.15, -0.1) is 5.10 Å². The minimum Gasteiger partial charge on any atom is -0.295 e. The number of ketones is 1. The van der Waals surface area contributed by atoms with Crippen LogP contribution < -0.4 is 0 Å². The number of hydrogen-bond donors (Lipinski definition) is 0. The van der Waals surface area contributed by atoms with Crippen LogP contribution in [-0.4, -0.2) is 26.0 Å². The molecule has 0 amide bonds.